The van der Waals surface area contributed by atoms with Gasteiger partial charge in [0.1, 0.15) is 11.6 Å². The minimum absolute atomic E-state index is 0.178. The fraction of sp³-hybridized carbons (Fsp3) is 0.300. The maximum atomic E-state index is 13.1. The van der Waals surface area contributed by atoms with Gasteiger partial charge in [-0.25, -0.2) is 8.78 Å². The average molecular weight is 198 g/mol. The number of hydrogen-bond acceptors (Lipinski definition) is 1. The molecule has 0 spiro atoms. The van der Waals surface area contributed by atoms with Gasteiger partial charge in [0.15, 0.2) is 0 Å². The van der Waals surface area contributed by atoms with E-state index < -0.39 is 23.5 Å². The lowest BCUT2D eigenvalue weighted by Gasteiger charge is -2.00. The van der Waals surface area contributed by atoms with Crippen molar-refractivity contribution in [2.75, 3.05) is 0 Å². The van der Waals surface area contributed by atoms with Crippen molar-refractivity contribution in [2.45, 2.75) is 12.3 Å². The Balaban J connectivity index is 2.26. The summed E-state index contributed by atoms with van der Waals surface area (Å²) in [6.07, 6.45) is 0.399. The molecule has 2 atom stereocenters. The molecule has 0 heterocycles. The van der Waals surface area contributed by atoms with Gasteiger partial charge in [-0.15, -0.1) is 0 Å². The number of benzene rings is 1. The van der Waals surface area contributed by atoms with E-state index in [2.05, 4.69) is 0 Å². The highest BCUT2D eigenvalue weighted by Crippen LogP contribution is 2.48. The topological polar surface area (TPSA) is 37.3 Å². The van der Waals surface area contributed by atoms with Gasteiger partial charge in [0.2, 0.25) is 0 Å². The summed E-state index contributed by atoms with van der Waals surface area (Å²) in [5.74, 6) is -2.91. The lowest BCUT2D eigenvalue weighted by Crippen LogP contribution is -2.00. The third-order valence-corrected chi connectivity index (χ3v) is 2.47. The molecular weight excluding hydrogens is 190 g/mol. The molecule has 4 heteroatoms. The zero-order chi connectivity index (χ0) is 10.3. The molecule has 2 rings (SSSR count). The third-order valence-electron chi connectivity index (χ3n) is 2.47. The standard InChI is InChI=1S/C10H8F2O2/c11-5-1-2-9(12)7(3-5)6-4-8(6)10(13)14/h1-3,6,8H,4H2,(H,13,14)/t6-,8-/m1/s1. The second-order valence-corrected chi connectivity index (χ2v) is 3.45. The molecule has 74 valence electrons. The molecule has 0 unspecified atom stereocenters. The largest absolute Gasteiger partial charge is 0.481 e. The molecule has 1 fully saturated rings. The van der Waals surface area contributed by atoms with Crippen LogP contribution in [-0.2, 0) is 4.79 Å². The Bertz CT molecular complexity index is 390. The first-order chi connectivity index (χ1) is 6.59. The molecule has 1 saturated carbocycles. The first-order valence-corrected chi connectivity index (χ1v) is 4.27. The van der Waals surface area contributed by atoms with Crippen molar-refractivity contribution in [1.29, 1.82) is 0 Å². The quantitative estimate of drug-likeness (QED) is 0.790. The van der Waals surface area contributed by atoms with Crippen LogP contribution in [-0.4, -0.2) is 11.1 Å². The van der Waals surface area contributed by atoms with Crippen LogP contribution in [0.15, 0.2) is 18.2 Å². The number of rotatable bonds is 2. The fourth-order valence-electron chi connectivity index (χ4n) is 1.61. The lowest BCUT2D eigenvalue weighted by atomic mass is 10.1. The Morgan fingerprint density at radius 3 is 2.71 bits per heavy atom. The van der Waals surface area contributed by atoms with Crippen LogP contribution in [0.1, 0.15) is 17.9 Å². The highest BCUT2D eigenvalue weighted by Gasteiger charge is 2.45. The highest BCUT2D eigenvalue weighted by molar-refractivity contribution is 5.75. The minimum Gasteiger partial charge on any atom is -0.481 e. The molecule has 1 aliphatic rings. The molecule has 14 heavy (non-hydrogen) atoms. The van der Waals surface area contributed by atoms with Gasteiger partial charge < -0.3 is 5.11 Å². The van der Waals surface area contributed by atoms with Gasteiger partial charge in [0, 0.05) is 5.92 Å². The van der Waals surface area contributed by atoms with E-state index in [0.717, 1.165) is 18.2 Å². The summed E-state index contributed by atoms with van der Waals surface area (Å²) in [5, 5.41) is 8.63. The maximum absolute atomic E-state index is 13.1. The molecule has 0 saturated heterocycles. The number of halogens is 2. The van der Waals surface area contributed by atoms with Crippen LogP contribution in [0.5, 0.6) is 0 Å². The second-order valence-electron chi connectivity index (χ2n) is 3.45. The maximum Gasteiger partial charge on any atom is 0.307 e. The number of aliphatic carboxylic acids is 1. The van der Waals surface area contributed by atoms with Crippen molar-refractivity contribution < 1.29 is 18.7 Å². The summed E-state index contributed by atoms with van der Waals surface area (Å²) in [5.41, 5.74) is 0.178. The lowest BCUT2D eigenvalue weighted by molar-refractivity contribution is -0.138. The van der Waals surface area contributed by atoms with Crippen LogP contribution in [0, 0.1) is 17.6 Å². The Labute approximate surface area is 79.2 Å². The zero-order valence-electron chi connectivity index (χ0n) is 7.21. The van der Waals surface area contributed by atoms with E-state index in [-0.39, 0.29) is 11.5 Å². The first-order valence-electron chi connectivity index (χ1n) is 4.27. The average Bonchev–Trinajstić information content (AvgIpc) is 2.88. The van der Waals surface area contributed by atoms with Gasteiger partial charge in [0.05, 0.1) is 5.92 Å². The van der Waals surface area contributed by atoms with Gasteiger partial charge in [-0.3, -0.25) is 4.79 Å². The van der Waals surface area contributed by atoms with Crippen molar-refractivity contribution in [3.05, 3.63) is 35.4 Å². The van der Waals surface area contributed by atoms with Crippen LogP contribution in [0.4, 0.5) is 8.78 Å². The van der Waals surface area contributed by atoms with Crippen molar-refractivity contribution in [3.63, 3.8) is 0 Å². The van der Waals surface area contributed by atoms with E-state index in [1.165, 1.54) is 0 Å². The molecule has 0 aliphatic heterocycles. The normalized spacial score (nSPS) is 24.7. The molecule has 1 aromatic rings. The predicted octanol–water partition coefficient (Wildman–Crippen LogP) is 2.15. The van der Waals surface area contributed by atoms with E-state index >= 15 is 0 Å². The smallest absolute Gasteiger partial charge is 0.307 e. The molecule has 1 N–H and O–H groups in total. The van der Waals surface area contributed by atoms with E-state index in [1.54, 1.807) is 0 Å². The van der Waals surface area contributed by atoms with Crippen molar-refractivity contribution in [3.8, 4) is 0 Å². The molecule has 1 aromatic carbocycles. The van der Waals surface area contributed by atoms with Crippen molar-refractivity contribution in [1.82, 2.24) is 0 Å². The van der Waals surface area contributed by atoms with Crippen LogP contribution in [0.25, 0.3) is 0 Å². The molecule has 0 amide bonds. The summed E-state index contributed by atoms with van der Waals surface area (Å²) in [4.78, 5) is 10.5. The zero-order valence-corrected chi connectivity index (χ0v) is 7.21. The van der Waals surface area contributed by atoms with E-state index in [4.69, 9.17) is 5.11 Å². The molecular formula is C10H8F2O2. The molecule has 0 aromatic heterocycles. The van der Waals surface area contributed by atoms with Crippen molar-refractivity contribution in [2.24, 2.45) is 5.92 Å². The molecule has 2 nitrogen and oxygen atoms in total. The van der Waals surface area contributed by atoms with Gasteiger partial charge in [-0.1, -0.05) is 0 Å². The second kappa shape index (κ2) is 3.04. The summed E-state index contributed by atoms with van der Waals surface area (Å²) in [7, 11) is 0. The SMILES string of the molecule is O=C(O)[C@@H]1C[C@@H]1c1cc(F)ccc1F. The first kappa shape index (κ1) is 9.12. The Morgan fingerprint density at radius 2 is 2.14 bits per heavy atom. The van der Waals surface area contributed by atoms with Crippen LogP contribution >= 0.6 is 0 Å². The minimum atomic E-state index is -0.946. The number of carboxylic acid groups (broad SMARTS) is 1. The van der Waals surface area contributed by atoms with E-state index in [0.29, 0.717) is 6.42 Å². The molecule has 0 bridgehead atoms. The number of carbonyl (C=O) groups is 1. The summed E-state index contributed by atoms with van der Waals surface area (Å²) in [6.45, 7) is 0. The summed E-state index contributed by atoms with van der Waals surface area (Å²) < 4.78 is 25.9. The highest BCUT2D eigenvalue weighted by atomic mass is 19.1. The predicted molar refractivity (Wildman–Crippen MR) is 44.8 cm³/mol. The molecule has 0 radical (unpaired) electrons. The van der Waals surface area contributed by atoms with Crippen LogP contribution in [0.3, 0.4) is 0 Å². The summed E-state index contributed by atoms with van der Waals surface area (Å²) >= 11 is 0. The van der Waals surface area contributed by atoms with Crippen LogP contribution in [0.2, 0.25) is 0 Å². The van der Waals surface area contributed by atoms with E-state index in [9.17, 15) is 13.6 Å². The third kappa shape index (κ3) is 1.47. The van der Waals surface area contributed by atoms with Gasteiger partial charge in [0.25, 0.3) is 0 Å². The van der Waals surface area contributed by atoms with E-state index in [1.807, 2.05) is 0 Å². The van der Waals surface area contributed by atoms with Gasteiger partial charge in [-0.2, -0.15) is 0 Å². The van der Waals surface area contributed by atoms with Gasteiger partial charge in [-0.05, 0) is 30.2 Å². The summed E-state index contributed by atoms with van der Waals surface area (Å²) in [6, 6.07) is 3.13. The van der Waals surface area contributed by atoms with Gasteiger partial charge >= 0.3 is 5.97 Å². The van der Waals surface area contributed by atoms with Crippen LogP contribution < -0.4 is 0 Å². The Kier molecular flexibility index (Phi) is 1.98. The number of carboxylic acids is 1. The Morgan fingerprint density at radius 1 is 1.43 bits per heavy atom. The van der Waals surface area contributed by atoms with Crippen molar-refractivity contribution >= 4 is 5.97 Å². The number of hydrogen-bond donors (Lipinski definition) is 1. The molecule has 1 aliphatic carbocycles. The fourth-order valence-corrected chi connectivity index (χ4v) is 1.61. The Hall–Kier alpha value is -1.45. The monoisotopic (exact) mass is 198 g/mol.